The highest BCUT2D eigenvalue weighted by Crippen LogP contribution is 2.37. The molecule has 0 radical (unpaired) electrons. The molecule has 1 aromatic carbocycles. The molecule has 1 saturated heterocycles. The molecule has 21 heavy (non-hydrogen) atoms. The molecule has 1 heterocycles. The fraction of sp³-hybridized carbons (Fsp3) is 0.611. The summed E-state index contributed by atoms with van der Waals surface area (Å²) in [5.74, 6) is 1.12. The van der Waals surface area contributed by atoms with Crippen molar-refractivity contribution >= 4 is 11.6 Å². The van der Waals surface area contributed by atoms with Gasteiger partial charge in [0, 0.05) is 31.2 Å². The van der Waals surface area contributed by atoms with E-state index in [1.54, 1.807) is 0 Å². The molecule has 1 amide bonds. The number of nitrogens with one attached hydrogen (secondary N) is 1. The lowest BCUT2D eigenvalue weighted by Gasteiger charge is -2.28. The summed E-state index contributed by atoms with van der Waals surface area (Å²) >= 11 is 0. The first kappa shape index (κ1) is 14.4. The van der Waals surface area contributed by atoms with Gasteiger partial charge < -0.3 is 10.2 Å². The van der Waals surface area contributed by atoms with Crippen LogP contribution < -0.4 is 10.2 Å². The van der Waals surface area contributed by atoms with E-state index in [0.717, 1.165) is 19.4 Å². The zero-order chi connectivity index (χ0) is 14.7. The van der Waals surface area contributed by atoms with Gasteiger partial charge in [0.2, 0.25) is 5.91 Å². The lowest BCUT2D eigenvalue weighted by molar-refractivity contribution is -0.122. The Kier molecular flexibility index (Phi) is 4.47. The monoisotopic (exact) mass is 286 g/mol. The van der Waals surface area contributed by atoms with Gasteiger partial charge in [-0.1, -0.05) is 19.1 Å². The number of nitrogens with zero attached hydrogens (tertiary/aromatic N) is 1. The van der Waals surface area contributed by atoms with Crippen molar-refractivity contribution in [3.8, 4) is 0 Å². The van der Waals surface area contributed by atoms with E-state index in [0.29, 0.717) is 5.92 Å². The molecule has 0 spiro atoms. The molecule has 1 aliphatic heterocycles. The topological polar surface area (TPSA) is 32.3 Å². The molecular formula is C18H26N2O. The summed E-state index contributed by atoms with van der Waals surface area (Å²) in [5.41, 5.74) is 2.65. The second kappa shape index (κ2) is 6.50. The molecule has 114 valence electrons. The third kappa shape index (κ3) is 3.78. The van der Waals surface area contributed by atoms with E-state index in [2.05, 4.69) is 41.4 Å². The van der Waals surface area contributed by atoms with Gasteiger partial charge in [0.25, 0.3) is 0 Å². The predicted molar refractivity (Wildman–Crippen MR) is 86.5 cm³/mol. The number of anilines is 1. The normalized spacial score (nSPS) is 24.7. The fourth-order valence-corrected chi connectivity index (χ4v) is 3.17. The van der Waals surface area contributed by atoms with Gasteiger partial charge in [-0.05, 0) is 55.7 Å². The minimum atomic E-state index is 0.243. The van der Waals surface area contributed by atoms with Crippen LogP contribution in [-0.2, 0) is 11.2 Å². The summed E-state index contributed by atoms with van der Waals surface area (Å²) < 4.78 is 0. The molecular weight excluding hydrogens is 260 g/mol. The van der Waals surface area contributed by atoms with E-state index in [1.165, 1.54) is 43.6 Å². The Balaban J connectivity index is 1.44. The Morgan fingerprint density at radius 3 is 2.48 bits per heavy atom. The van der Waals surface area contributed by atoms with E-state index >= 15 is 0 Å². The SMILES string of the molecule is C[C@H]1C[C@H]1C(=O)NCCc1ccc(N2CCCCC2)cc1. The Hall–Kier alpha value is -1.51. The Labute approximate surface area is 127 Å². The molecule has 3 nitrogen and oxygen atoms in total. The number of amides is 1. The van der Waals surface area contributed by atoms with Crippen molar-refractivity contribution in [1.82, 2.24) is 5.32 Å². The van der Waals surface area contributed by atoms with E-state index in [4.69, 9.17) is 0 Å². The maximum atomic E-state index is 11.7. The molecule has 2 fully saturated rings. The van der Waals surface area contributed by atoms with Gasteiger partial charge >= 0.3 is 0 Å². The van der Waals surface area contributed by atoms with Crippen molar-refractivity contribution in [3.63, 3.8) is 0 Å². The van der Waals surface area contributed by atoms with Crippen LogP contribution in [0.25, 0.3) is 0 Å². The number of hydrogen-bond acceptors (Lipinski definition) is 2. The first-order valence-corrected chi connectivity index (χ1v) is 8.35. The molecule has 1 aromatic rings. The van der Waals surface area contributed by atoms with E-state index in [9.17, 15) is 4.79 Å². The zero-order valence-electron chi connectivity index (χ0n) is 13.0. The van der Waals surface area contributed by atoms with Gasteiger partial charge in [0.15, 0.2) is 0 Å². The highest BCUT2D eigenvalue weighted by atomic mass is 16.2. The average Bonchev–Trinajstić information content (AvgIpc) is 3.26. The van der Waals surface area contributed by atoms with Crippen LogP contribution in [0.3, 0.4) is 0 Å². The van der Waals surface area contributed by atoms with Gasteiger partial charge in [-0.15, -0.1) is 0 Å². The number of rotatable bonds is 5. The van der Waals surface area contributed by atoms with Crippen LogP contribution in [0, 0.1) is 11.8 Å². The van der Waals surface area contributed by atoms with Crippen molar-refractivity contribution in [2.45, 2.75) is 39.0 Å². The number of carbonyl (C=O) groups is 1. The molecule has 1 aliphatic carbocycles. The van der Waals surface area contributed by atoms with Crippen LogP contribution in [0.15, 0.2) is 24.3 Å². The molecule has 0 aromatic heterocycles. The highest BCUT2D eigenvalue weighted by molar-refractivity contribution is 5.81. The summed E-state index contributed by atoms with van der Waals surface area (Å²) in [6, 6.07) is 8.86. The van der Waals surface area contributed by atoms with Crippen molar-refractivity contribution in [2.75, 3.05) is 24.5 Å². The van der Waals surface area contributed by atoms with Crippen molar-refractivity contribution in [3.05, 3.63) is 29.8 Å². The molecule has 0 bridgehead atoms. The summed E-state index contributed by atoms with van der Waals surface area (Å²) in [6.07, 6.45) is 5.98. The first-order valence-electron chi connectivity index (χ1n) is 8.35. The van der Waals surface area contributed by atoms with Gasteiger partial charge in [-0.2, -0.15) is 0 Å². The van der Waals surface area contributed by atoms with E-state index < -0.39 is 0 Å². The van der Waals surface area contributed by atoms with Crippen LogP contribution in [-0.4, -0.2) is 25.5 Å². The second-order valence-electron chi connectivity index (χ2n) is 6.57. The molecule has 1 saturated carbocycles. The first-order chi connectivity index (χ1) is 10.2. The van der Waals surface area contributed by atoms with Crippen LogP contribution in [0.5, 0.6) is 0 Å². The third-order valence-corrected chi connectivity index (χ3v) is 4.82. The lowest BCUT2D eigenvalue weighted by Crippen LogP contribution is -2.29. The maximum Gasteiger partial charge on any atom is 0.223 e. The number of piperidine rings is 1. The van der Waals surface area contributed by atoms with Crippen LogP contribution in [0.4, 0.5) is 5.69 Å². The third-order valence-electron chi connectivity index (χ3n) is 4.82. The quantitative estimate of drug-likeness (QED) is 0.902. The smallest absolute Gasteiger partial charge is 0.223 e. The van der Waals surface area contributed by atoms with Crippen molar-refractivity contribution < 1.29 is 4.79 Å². The summed E-state index contributed by atoms with van der Waals surface area (Å²) in [4.78, 5) is 14.2. The second-order valence-corrected chi connectivity index (χ2v) is 6.57. The fourth-order valence-electron chi connectivity index (χ4n) is 3.17. The van der Waals surface area contributed by atoms with Crippen molar-refractivity contribution in [2.24, 2.45) is 11.8 Å². The highest BCUT2D eigenvalue weighted by Gasteiger charge is 2.38. The Morgan fingerprint density at radius 2 is 1.86 bits per heavy atom. The van der Waals surface area contributed by atoms with Crippen molar-refractivity contribution in [1.29, 1.82) is 0 Å². The predicted octanol–water partition coefficient (Wildman–Crippen LogP) is 2.99. The zero-order valence-corrected chi connectivity index (χ0v) is 13.0. The standard InChI is InChI=1S/C18H26N2O/c1-14-13-17(14)18(21)19-10-9-15-5-7-16(8-6-15)20-11-3-2-4-12-20/h5-8,14,17H,2-4,9-13H2,1H3,(H,19,21)/t14-,17+/m0/s1. The lowest BCUT2D eigenvalue weighted by atomic mass is 10.1. The average molecular weight is 286 g/mol. The number of benzene rings is 1. The minimum absolute atomic E-state index is 0.243. The molecule has 3 rings (SSSR count). The Morgan fingerprint density at radius 1 is 1.19 bits per heavy atom. The van der Waals surface area contributed by atoms with Gasteiger partial charge in [0.1, 0.15) is 0 Å². The van der Waals surface area contributed by atoms with Gasteiger partial charge in [-0.3, -0.25) is 4.79 Å². The summed E-state index contributed by atoms with van der Waals surface area (Å²) in [7, 11) is 0. The van der Waals surface area contributed by atoms with E-state index in [-0.39, 0.29) is 11.8 Å². The summed E-state index contributed by atoms with van der Waals surface area (Å²) in [6.45, 7) is 5.28. The van der Waals surface area contributed by atoms with E-state index in [1.807, 2.05) is 0 Å². The van der Waals surface area contributed by atoms with Crippen LogP contribution in [0.1, 0.15) is 38.2 Å². The van der Waals surface area contributed by atoms with Crippen LogP contribution in [0.2, 0.25) is 0 Å². The number of carbonyl (C=O) groups excluding carboxylic acids is 1. The summed E-state index contributed by atoms with van der Waals surface area (Å²) in [5, 5.41) is 3.05. The Bertz CT molecular complexity index is 476. The molecule has 1 N–H and O–H groups in total. The van der Waals surface area contributed by atoms with Gasteiger partial charge in [-0.25, -0.2) is 0 Å². The molecule has 2 atom stereocenters. The minimum Gasteiger partial charge on any atom is -0.372 e. The maximum absolute atomic E-state index is 11.7. The van der Waals surface area contributed by atoms with Crippen LogP contribution >= 0.6 is 0 Å². The van der Waals surface area contributed by atoms with Gasteiger partial charge in [0.05, 0.1) is 0 Å². The molecule has 3 heteroatoms. The molecule has 0 unspecified atom stereocenters. The number of hydrogen-bond donors (Lipinski definition) is 1. The largest absolute Gasteiger partial charge is 0.372 e. The molecule has 2 aliphatic rings.